The van der Waals surface area contributed by atoms with E-state index in [1.54, 1.807) is 17.6 Å². The molecule has 1 fully saturated rings. The molecule has 2 nitrogen and oxygen atoms in total. The second kappa shape index (κ2) is 6.33. The summed E-state index contributed by atoms with van der Waals surface area (Å²) < 4.78 is 6.45. The fraction of sp³-hybridized carbons (Fsp3) is 0.500. The van der Waals surface area contributed by atoms with Crippen LogP contribution in [-0.2, 0) is 0 Å². The number of nitrogens with one attached hydrogen (secondary N) is 1. The molecular formula is C16H20ClNOS. The zero-order valence-corrected chi connectivity index (χ0v) is 13.2. The Morgan fingerprint density at radius 1 is 1.30 bits per heavy atom. The average Bonchev–Trinajstić information content (AvgIpc) is 3.17. The first-order chi connectivity index (χ1) is 9.74. The van der Waals surface area contributed by atoms with Gasteiger partial charge in [-0.2, -0.15) is 0 Å². The van der Waals surface area contributed by atoms with Crippen LogP contribution in [0.3, 0.4) is 0 Å². The van der Waals surface area contributed by atoms with Crippen LogP contribution in [0, 0.1) is 5.92 Å². The van der Waals surface area contributed by atoms with Crippen molar-refractivity contribution in [3.05, 3.63) is 45.5 Å². The highest BCUT2D eigenvalue weighted by molar-refractivity contribution is 7.16. The van der Waals surface area contributed by atoms with E-state index in [1.165, 1.54) is 30.6 Å². The molecule has 2 aromatic heterocycles. The van der Waals surface area contributed by atoms with Crippen LogP contribution in [0.25, 0.3) is 0 Å². The van der Waals surface area contributed by atoms with Crippen molar-refractivity contribution in [3.63, 3.8) is 0 Å². The molecule has 2 heterocycles. The van der Waals surface area contributed by atoms with Gasteiger partial charge in [0.05, 0.1) is 10.6 Å². The van der Waals surface area contributed by atoms with Crippen LogP contribution in [-0.4, -0.2) is 6.04 Å². The average molecular weight is 310 g/mol. The lowest BCUT2D eigenvalue weighted by atomic mass is 9.98. The first-order valence-corrected chi connectivity index (χ1v) is 8.48. The Hall–Kier alpha value is -0.770. The van der Waals surface area contributed by atoms with E-state index in [-0.39, 0.29) is 6.04 Å². The molecule has 2 aromatic rings. The largest absolute Gasteiger partial charge is 0.467 e. The molecule has 0 radical (unpaired) electrons. The maximum atomic E-state index is 6.09. The third-order valence-electron chi connectivity index (χ3n) is 4.24. The molecule has 108 valence electrons. The molecule has 0 spiro atoms. The van der Waals surface area contributed by atoms with Crippen LogP contribution in [0.4, 0.5) is 0 Å². The summed E-state index contributed by atoms with van der Waals surface area (Å²) in [7, 11) is 0. The third-order valence-corrected chi connectivity index (χ3v) is 5.54. The highest BCUT2D eigenvalue weighted by Gasteiger charge is 2.26. The predicted molar refractivity (Wildman–Crippen MR) is 84.4 cm³/mol. The molecule has 1 N–H and O–H groups in total. The summed E-state index contributed by atoms with van der Waals surface area (Å²) >= 11 is 7.71. The second-order valence-corrected chi connectivity index (χ2v) is 7.34. The topological polar surface area (TPSA) is 25.2 Å². The predicted octanol–water partition coefficient (Wildman–Crippen LogP) is 5.25. The van der Waals surface area contributed by atoms with E-state index in [2.05, 4.69) is 18.3 Å². The molecule has 0 saturated heterocycles. The molecule has 1 aliphatic carbocycles. The Morgan fingerprint density at radius 3 is 2.70 bits per heavy atom. The van der Waals surface area contributed by atoms with E-state index in [0.29, 0.717) is 6.04 Å². The van der Waals surface area contributed by atoms with Crippen molar-refractivity contribution in [2.24, 2.45) is 5.92 Å². The van der Waals surface area contributed by atoms with Gasteiger partial charge in [-0.25, -0.2) is 0 Å². The summed E-state index contributed by atoms with van der Waals surface area (Å²) in [6, 6.07) is 8.63. The van der Waals surface area contributed by atoms with Gasteiger partial charge in [-0.05, 0) is 49.9 Å². The van der Waals surface area contributed by atoms with Crippen LogP contribution < -0.4 is 5.32 Å². The highest BCUT2D eigenvalue weighted by Crippen LogP contribution is 2.34. The molecule has 4 heteroatoms. The molecule has 0 bridgehead atoms. The van der Waals surface area contributed by atoms with Gasteiger partial charge in [0.25, 0.3) is 0 Å². The molecule has 20 heavy (non-hydrogen) atoms. The number of hydrogen-bond acceptors (Lipinski definition) is 3. The standard InChI is InChI=1S/C16H20ClNOS/c1-11(12-5-2-3-6-12)18-16(13-7-4-10-19-13)14-8-9-15(17)20-14/h4,7-12,16,18H,2-3,5-6H2,1H3/t11-,16?/m0/s1. The van der Waals surface area contributed by atoms with Gasteiger partial charge >= 0.3 is 0 Å². The first kappa shape index (κ1) is 14.2. The summed E-state index contributed by atoms with van der Waals surface area (Å²) in [6.07, 6.45) is 7.15. The zero-order valence-electron chi connectivity index (χ0n) is 11.6. The van der Waals surface area contributed by atoms with E-state index in [9.17, 15) is 0 Å². The van der Waals surface area contributed by atoms with Gasteiger partial charge in [0.15, 0.2) is 0 Å². The second-order valence-electron chi connectivity index (χ2n) is 5.59. The number of thiophene rings is 1. The fourth-order valence-corrected chi connectivity index (χ4v) is 4.23. The maximum Gasteiger partial charge on any atom is 0.126 e. The van der Waals surface area contributed by atoms with Crippen molar-refractivity contribution >= 4 is 22.9 Å². The molecule has 1 unspecified atom stereocenters. The summed E-state index contributed by atoms with van der Waals surface area (Å²) in [6.45, 7) is 2.29. The van der Waals surface area contributed by atoms with E-state index in [0.717, 1.165) is 16.0 Å². The molecule has 2 atom stereocenters. The Bertz CT molecular complexity index is 530. The minimum absolute atomic E-state index is 0.109. The monoisotopic (exact) mass is 309 g/mol. The minimum Gasteiger partial charge on any atom is -0.467 e. The third kappa shape index (κ3) is 3.11. The smallest absolute Gasteiger partial charge is 0.126 e. The van der Waals surface area contributed by atoms with E-state index in [1.807, 2.05) is 18.2 Å². The summed E-state index contributed by atoms with van der Waals surface area (Å²) in [5.41, 5.74) is 0. The highest BCUT2D eigenvalue weighted by atomic mass is 35.5. The quantitative estimate of drug-likeness (QED) is 0.815. The fourth-order valence-electron chi connectivity index (χ4n) is 3.10. The number of hydrogen-bond donors (Lipinski definition) is 1. The molecule has 3 rings (SSSR count). The van der Waals surface area contributed by atoms with Gasteiger partial charge in [-0.15, -0.1) is 11.3 Å². The number of furan rings is 1. The van der Waals surface area contributed by atoms with Gasteiger partial charge < -0.3 is 9.73 Å². The Labute approximate surface area is 129 Å². The lowest BCUT2D eigenvalue weighted by molar-refractivity contribution is 0.339. The van der Waals surface area contributed by atoms with Crippen LogP contribution in [0.5, 0.6) is 0 Å². The van der Waals surface area contributed by atoms with Crippen molar-refractivity contribution in [2.45, 2.75) is 44.7 Å². The van der Waals surface area contributed by atoms with Crippen molar-refractivity contribution in [1.82, 2.24) is 5.32 Å². The van der Waals surface area contributed by atoms with Crippen LogP contribution in [0.15, 0.2) is 34.9 Å². The van der Waals surface area contributed by atoms with Crippen LogP contribution >= 0.6 is 22.9 Å². The molecule has 0 aliphatic heterocycles. The molecule has 0 amide bonds. The van der Waals surface area contributed by atoms with Gasteiger partial charge in [0.2, 0.25) is 0 Å². The SMILES string of the molecule is C[C@H](NC(c1ccco1)c1ccc(Cl)s1)C1CCCC1. The Balaban J connectivity index is 1.79. The van der Waals surface area contributed by atoms with Crippen molar-refractivity contribution in [1.29, 1.82) is 0 Å². The molecule has 1 saturated carbocycles. The van der Waals surface area contributed by atoms with Crippen molar-refractivity contribution in [2.75, 3.05) is 0 Å². The van der Waals surface area contributed by atoms with Crippen LogP contribution in [0.1, 0.15) is 49.3 Å². The normalized spacial score (nSPS) is 19.3. The van der Waals surface area contributed by atoms with E-state index >= 15 is 0 Å². The number of rotatable bonds is 5. The molecule has 0 aromatic carbocycles. The number of halogens is 1. The van der Waals surface area contributed by atoms with Crippen molar-refractivity contribution < 1.29 is 4.42 Å². The lowest BCUT2D eigenvalue weighted by Gasteiger charge is -2.25. The summed E-state index contributed by atoms with van der Waals surface area (Å²) in [5.74, 6) is 1.75. The van der Waals surface area contributed by atoms with Crippen molar-refractivity contribution in [3.8, 4) is 0 Å². The molecule has 1 aliphatic rings. The summed E-state index contributed by atoms with van der Waals surface area (Å²) in [5, 5.41) is 3.75. The van der Waals surface area contributed by atoms with E-state index < -0.39 is 0 Å². The maximum absolute atomic E-state index is 6.09. The van der Waals surface area contributed by atoms with Gasteiger partial charge in [-0.1, -0.05) is 24.4 Å². The first-order valence-electron chi connectivity index (χ1n) is 7.28. The van der Waals surface area contributed by atoms with Gasteiger partial charge in [0.1, 0.15) is 11.8 Å². The lowest BCUT2D eigenvalue weighted by Crippen LogP contribution is -2.35. The summed E-state index contributed by atoms with van der Waals surface area (Å²) in [4.78, 5) is 1.22. The Kier molecular flexibility index (Phi) is 4.49. The Morgan fingerprint density at radius 2 is 2.10 bits per heavy atom. The van der Waals surface area contributed by atoms with E-state index in [4.69, 9.17) is 16.0 Å². The van der Waals surface area contributed by atoms with Crippen LogP contribution in [0.2, 0.25) is 4.34 Å². The molecular weight excluding hydrogens is 290 g/mol. The van der Waals surface area contributed by atoms with Gasteiger partial charge in [-0.3, -0.25) is 0 Å². The minimum atomic E-state index is 0.109. The zero-order chi connectivity index (χ0) is 13.9. The van der Waals surface area contributed by atoms with Gasteiger partial charge in [0, 0.05) is 10.9 Å².